The maximum absolute atomic E-state index is 13.8. The van der Waals surface area contributed by atoms with Gasteiger partial charge in [-0.3, -0.25) is 0 Å². The third kappa shape index (κ3) is 16.3. The summed E-state index contributed by atoms with van der Waals surface area (Å²) in [4.78, 5) is 125. The van der Waals surface area contributed by atoms with E-state index < -0.39 is 127 Å². The third-order valence-corrected chi connectivity index (χ3v) is 23.0. The van der Waals surface area contributed by atoms with E-state index in [0.717, 1.165) is 0 Å². The topological polar surface area (TPSA) is 424 Å². The lowest BCUT2D eigenvalue weighted by Crippen LogP contribution is -2.21. The van der Waals surface area contributed by atoms with Crippen LogP contribution < -0.4 is 18.9 Å². The molecule has 10 aromatic carbocycles. The molecule has 0 aliphatic heterocycles. The van der Waals surface area contributed by atoms with Crippen LogP contribution in [-0.4, -0.2) is 150 Å². The van der Waals surface area contributed by atoms with E-state index in [-0.39, 0.29) is 144 Å². The van der Waals surface area contributed by atoms with Gasteiger partial charge in [-0.1, -0.05) is 142 Å². The van der Waals surface area contributed by atoms with Gasteiger partial charge < -0.3 is 18.9 Å². The Morgan fingerprint density at radius 3 is 0.444 bits per heavy atom. The summed E-state index contributed by atoms with van der Waals surface area (Å²) in [5.41, 5.74) is -15.0. The molecule has 0 atom stereocenters. The van der Waals surface area contributed by atoms with Crippen LogP contribution in [0.4, 0.5) is 70.2 Å². The van der Waals surface area contributed by atoms with Crippen molar-refractivity contribution >= 4 is 270 Å². The molecule has 0 aliphatic carbocycles. The van der Waals surface area contributed by atoms with Gasteiger partial charge in [0.05, 0.1) is 63.2 Å². The second-order valence-corrected chi connectivity index (χ2v) is 32.7. The van der Waals surface area contributed by atoms with Gasteiger partial charge >= 0.3 is 24.7 Å². The van der Waals surface area contributed by atoms with Crippen LogP contribution in [0, 0.1) is 23.8 Å². The summed E-state index contributed by atoms with van der Waals surface area (Å²) in [6.45, 7) is 0. The van der Waals surface area contributed by atoms with E-state index in [1.807, 2.05) is 72.8 Å². The predicted molar refractivity (Wildman–Crippen MR) is 484 cm³/mol. The summed E-state index contributed by atoms with van der Waals surface area (Å²) in [7, 11) is 0. The summed E-state index contributed by atoms with van der Waals surface area (Å²) in [5, 5.41) is 0.920. The second-order valence-electron chi connectivity index (χ2n) is 30.2. The van der Waals surface area contributed by atoms with E-state index in [1.54, 1.807) is 60.7 Å². The zero-order valence-corrected chi connectivity index (χ0v) is 73.9. The van der Waals surface area contributed by atoms with Crippen molar-refractivity contribution in [3.05, 3.63) is 234 Å². The maximum Gasteiger partial charge on any atom is 0.435 e. The minimum Gasteiger partial charge on any atom is -0.435 e. The average molecular weight is 2080 g/mol. The Hall–Kier alpha value is -17.1. The molecule has 706 valence electrons. The van der Waals surface area contributed by atoms with Gasteiger partial charge in [-0.25, -0.2) is 110 Å². The molecule has 0 N–H and O–H groups in total. The van der Waals surface area contributed by atoms with Crippen LogP contribution in [0.5, 0.6) is 46.5 Å². The number of aromatic nitrogens is 30. The van der Waals surface area contributed by atoms with Crippen molar-refractivity contribution in [3.8, 4) is 46.5 Å². The molecular weight excluding hydrogens is 2060 g/mol. The van der Waals surface area contributed by atoms with Crippen molar-refractivity contribution < 1.29 is 89.2 Å². The fourth-order valence-corrected chi connectivity index (χ4v) is 15.7. The van der Waals surface area contributed by atoms with Crippen LogP contribution in [0.1, 0.15) is 22.8 Å². The molecule has 0 fully saturated rings. The molecule has 56 heteroatoms. The highest BCUT2D eigenvalue weighted by Gasteiger charge is 2.49. The number of nitrogens with zero attached hydrogens (tertiary/aromatic N) is 30. The number of benzene rings is 10. The molecule has 25 aromatic rings. The van der Waals surface area contributed by atoms with E-state index in [9.17, 15) is 70.2 Å². The second kappa shape index (κ2) is 33.8. The highest BCUT2D eigenvalue weighted by atomic mass is 35.5. The number of para-hydroxylation sites is 4. The largest absolute Gasteiger partial charge is 0.435 e. The quantitative estimate of drug-likeness (QED) is 0.0774. The Balaban J connectivity index is 0.000000123. The van der Waals surface area contributed by atoms with Gasteiger partial charge in [0.25, 0.3) is 47.3 Å². The number of ether oxygens (including phenoxy) is 4. The summed E-state index contributed by atoms with van der Waals surface area (Å²) < 4.78 is 243. The van der Waals surface area contributed by atoms with E-state index in [2.05, 4.69) is 99.7 Å². The first-order valence-corrected chi connectivity index (χ1v) is 42.6. The predicted octanol–water partition coefficient (Wildman–Crippen LogP) is 23.4. The van der Waals surface area contributed by atoms with E-state index in [1.165, 1.54) is 24.3 Å². The van der Waals surface area contributed by atoms with Gasteiger partial charge in [0, 0.05) is 0 Å². The molecule has 0 saturated heterocycles. The Bertz CT molecular complexity index is 9120. The Labute approximate surface area is 809 Å². The van der Waals surface area contributed by atoms with Gasteiger partial charge in [0.2, 0.25) is 45.2 Å². The first-order valence-electron chi connectivity index (χ1n) is 40.3. The molecule has 0 amide bonds. The molecular formula is C88H26Cl6F16N30O4. The maximum atomic E-state index is 13.8. The lowest BCUT2D eigenvalue weighted by molar-refractivity contribution is -0.167. The van der Waals surface area contributed by atoms with Crippen molar-refractivity contribution in [2.24, 2.45) is 0 Å². The highest BCUT2D eigenvalue weighted by Crippen LogP contribution is 2.47. The van der Waals surface area contributed by atoms with E-state index in [0.29, 0.717) is 77.2 Å². The van der Waals surface area contributed by atoms with Gasteiger partial charge in [-0.05, 0) is 84.9 Å². The van der Waals surface area contributed by atoms with Crippen LogP contribution in [-0.2, 0) is 24.7 Å². The third-order valence-electron chi connectivity index (χ3n) is 20.9. The zero-order valence-electron chi connectivity index (χ0n) is 69.4. The van der Waals surface area contributed by atoms with Crippen molar-refractivity contribution in [1.29, 1.82) is 0 Å². The standard InChI is InChI=1S/C44H22Cl2N10O4.C24H2Cl2F12N10.C20H2Cl2F4N10/c45-27-21-29-30(22-28(27)46)48-32-31(47-29)33-35(51-39-37(49-33)53-41(57-23-13-5-1-6-14-23)43(55-39)59-25-17-9-3-10-18-25)36-34(32)50-38-40(52-36)56-44(60-26-19-11-4-12-20-26)42(54-38)58-24-15-7-2-8-16-24;25-3-1-5-6(2-4(3)26)40-8-7(39-5)9-11(43-19-17(41-9)45-13(21(27,28)29)15(47-19)23(33,34)35)12-10(8)42-18-20(44-12)48-16(24(36,37)38)14(46-18)22(30,31)32;21-3-1-5-6(2-4(3)22)28-8-7(27-5)9-11(31-19-17(29-9)33-13(23)15(25)35-19)12-10(8)30-18-20(32-12)36-16(26)14(24)34-18/h1-22H;1-2H;1-2H. The highest BCUT2D eigenvalue weighted by molar-refractivity contribution is 6.44. The zero-order chi connectivity index (χ0) is 99.9. The molecule has 0 spiro atoms. The number of fused-ring (bicyclic) bond motifs is 27. The fraction of sp³-hybridized carbons (Fsp3) is 0.0455. The number of halogens is 22. The van der Waals surface area contributed by atoms with Crippen molar-refractivity contribution in [2.75, 3.05) is 0 Å². The van der Waals surface area contributed by atoms with Gasteiger partial charge in [0.15, 0.2) is 45.4 Å². The summed E-state index contributed by atoms with van der Waals surface area (Å²) in [6.07, 6.45) is -22.7. The van der Waals surface area contributed by atoms with Crippen molar-refractivity contribution in [2.45, 2.75) is 24.7 Å². The van der Waals surface area contributed by atoms with Crippen LogP contribution in [0.2, 0.25) is 30.1 Å². The Kier molecular flexibility index (Phi) is 21.3. The molecule has 0 bridgehead atoms. The molecule has 144 heavy (non-hydrogen) atoms. The van der Waals surface area contributed by atoms with Gasteiger partial charge in [-0.15, -0.1) is 0 Å². The normalized spacial score (nSPS) is 12.4. The van der Waals surface area contributed by atoms with Gasteiger partial charge in [0.1, 0.15) is 122 Å². The Morgan fingerprint density at radius 2 is 0.299 bits per heavy atom. The lowest BCUT2D eigenvalue weighted by Gasteiger charge is -2.15. The minimum atomic E-state index is -5.70. The fourth-order valence-electron chi connectivity index (χ4n) is 14.8. The van der Waals surface area contributed by atoms with Crippen LogP contribution in [0.25, 0.3) is 200 Å². The molecule has 0 radical (unpaired) electrons. The van der Waals surface area contributed by atoms with Crippen LogP contribution >= 0.6 is 69.6 Å². The molecule has 15 heterocycles. The molecule has 15 aromatic heterocycles. The molecule has 34 nitrogen and oxygen atoms in total. The smallest absolute Gasteiger partial charge is 0.435 e. The average Bonchev–Trinajstić information content (AvgIpc) is 0.718. The molecule has 25 rings (SSSR count). The summed E-state index contributed by atoms with van der Waals surface area (Å²) in [5.74, 6) is -3.63. The van der Waals surface area contributed by atoms with Gasteiger partial charge in [-0.2, -0.15) is 110 Å². The molecule has 0 unspecified atom stereocenters. The Morgan fingerprint density at radius 1 is 0.167 bits per heavy atom. The summed E-state index contributed by atoms with van der Waals surface area (Å²) >= 11 is 37.3. The molecule has 0 saturated carbocycles. The SMILES string of the molecule is Clc1cc2nc3c(nc2cc1Cl)c1nc2nc(Oc4ccccc4)c(Oc4ccccc4)nc2nc1c1nc2nc(Oc4ccccc4)c(Oc4ccccc4)nc2nc31.FC(F)(F)c1nc2nc3c4nc5cc(Cl)c(Cl)cc5nc4c4nc5nc(C(F)(F)F)c(C(F)(F)F)nc5nc4c3nc2nc1C(F)(F)F.Fc1nc2nc3c4nc5cc(Cl)c(Cl)cc5nc4c4nc5nc(F)c(F)nc5nc4c3nc2nc1F. The first kappa shape index (κ1) is 90.7. The van der Waals surface area contributed by atoms with Crippen molar-refractivity contribution in [3.63, 3.8) is 0 Å². The number of hydrogen-bond donors (Lipinski definition) is 0. The van der Waals surface area contributed by atoms with Crippen LogP contribution in [0.3, 0.4) is 0 Å². The minimum absolute atomic E-state index is 0.0231. The number of rotatable bonds is 8. The monoisotopic (exact) mass is 2080 g/mol. The summed E-state index contributed by atoms with van der Waals surface area (Å²) in [6, 6.07) is 45.2. The lowest BCUT2D eigenvalue weighted by atomic mass is 10.1. The van der Waals surface area contributed by atoms with E-state index >= 15 is 0 Å². The van der Waals surface area contributed by atoms with E-state index in [4.69, 9.17) is 138 Å². The van der Waals surface area contributed by atoms with Crippen molar-refractivity contribution in [1.82, 2.24) is 150 Å². The first-order chi connectivity index (χ1) is 68.9. The number of hydrogen-bond acceptors (Lipinski definition) is 34. The van der Waals surface area contributed by atoms with Crippen LogP contribution in [0.15, 0.2) is 158 Å². The molecule has 0 aliphatic rings. The number of alkyl halides is 12.